The van der Waals surface area contributed by atoms with Crippen LogP contribution in [0.5, 0.6) is 11.5 Å². The average molecular weight is 398 g/mol. The van der Waals surface area contributed by atoms with Crippen molar-refractivity contribution in [2.45, 2.75) is 32.1 Å². The van der Waals surface area contributed by atoms with Gasteiger partial charge in [0, 0.05) is 19.4 Å². The first-order valence-electron chi connectivity index (χ1n) is 10.5. The van der Waals surface area contributed by atoms with Crippen molar-refractivity contribution in [1.82, 2.24) is 4.90 Å². The highest BCUT2D eigenvalue weighted by Crippen LogP contribution is 2.23. The first kappa shape index (κ1) is 21.2. The van der Waals surface area contributed by atoms with Gasteiger partial charge in [-0.3, -0.25) is 9.69 Å². The van der Waals surface area contributed by atoms with Crippen LogP contribution in [0.1, 0.15) is 36.8 Å². The van der Waals surface area contributed by atoms with E-state index in [9.17, 15) is 4.79 Å². The molecule has 1 heterocycles. The quantitative estimate of drug-likeness (QED) is 0.422. The van der Waals surface area contributed by atoms with Gasteiger partial charge in [-0.2, -0.15) is 0 Å². The van der Waals surface area contributed by atoms with Gasteiger partial charge >= 0.3 is 5.97 Å². The second kappa shape index (κ2) is 11.5. The number of nitrogens with zero attached hydrogens (tertiary/aromatic N) is 1. The van der Waals surface area contributed by atoms with E-state index in [2.05, 4.69) is 27.8 Å². The summed E-state index contributed by atoms with van der Waals surface area (Å²) in [5.41, 5.74) is 2.34. The van der Waals surface area contributed by atoms with Gasteiger partial charge in [0.25, 0.3) is 0 Å². The molecule has 0 aliphatic carbocycles. The normalized spacial score (nSPS) is 14.0. The summed E-state index contributed by atoms with van der Waals surface area (Å²) < 4.78 is 16.4. The van der Waals surface area contributed by atoms with Crippen molar-refractivity contribution in [1.29, 1.82) is 0 Å². The molecule has 0 bridgehead atoms. The van der Waals surface area contributed by atoms with Crippen LogP contribution in [0.3, 0.4) is 0 Å². The highest BCUT2D eigenvalue weighted by atomic mass is 16.5. The molecule has 1 fully saturated rings. The minimum Gasteiger partial charge on any atom is -0.493 e. The predicted molar refractivity (Wildman–Crippen MR) is 114 cm³/mol. The van der Waals surface area contributed by atoms with Gasteiger partial charge in [-0.05, 0) is 61.7 Å². The van der Waals surface area contributed by atoms with Crippen LogP contribution in [-0.2, 0) is 16.0 Å². The summed E-state index contributed by atoms with van der Waals surface area (Å²) in [5, 5.41) is 0. The number of likely N-dealkylation sites (tertiary alicyclic amines) is 1. The van der Waals surface area contributed by atoms with E-state index in [1.165, 1.54) is 38.6 Å². The average Bonchev–Trinajstić information content (AvgIpc) is 3.27. The zero-order valence-electron chi connectivity index (χ0n) is 17.3. The van der Waals surface area contributed by atoms with Gasteiger partial charge in [0.1, 0.15) is 18.1 Å². The van der Waals surface area contributed by atoms with Gasteiger partial charge in [-0.15, -0.1) is 0 Å². The smallest absolute Gasteiger partial charge is 0.305 e. The minimum absolute atomic E-state index is 0.204. The molecule has 3 rings (SSSR count). The first-order chi connectivity index (χ1) is 14.2. The summed E-state index contributed by atoms with van der Waals surface area (Å²) in [7, 11) is 1.41. The number of carbonyl (C=O) groups excluding carboxylic acids is 1. The van der Waals surface area contributed by atoms with Crippen LogP contribution in [0.15, 0.2) is 48.5 Å². The largest absolute Gasteiger partial charge is 0.493 e. The maximum atomic E-state index is 11.2. The predicted octanol–water partition coefficient (Wildman–Crippen LogP) is 4.08. The zero-order valence-corrected chi connectivity index (χ0v) is 17.3. The summed E-state index contributed by atoms with van der Waals surface area (Å²) in [6.45, 7) is 4.64. The van der Waals surface area contributed by atoms with Gasteiger partial charge in [0.05, 0.1) is 13.7 Å². The summed E-state index contributed by atoms with van der Waals surface area (Å²) in [6, 6.07) is 16.3. The number of methoxy groups -OCH3 is 1. The molecular weight excluding hydrogens is 366 g/mol. The van der Waals surface area contributed by atoms with E-state index < -0.39 is 0 Å². The van der Waals surface area contributed by atoms with Crippen LogP contribution in [0.4, 0.5) is 0 Å². The second-order valence-electron chi connectivity index (χ2n) is 7.35. The van der Waals surface area contributed by atoms with Crippen LogP contribution >= 0.6 is 0 Å². The van der Waals surface area contributed by atoms with Crippen molar-refractivity contribution in [2.24, 2.45) is 0 Å². The van der Waals surface area contributed by atoms with E-state index in [1.807, 2.05) is 30.3 Å². The maximum absolute atomic E-state index is 11.2. The highest BCUT2D eigenvalue weighted by molar-refractivity contribution is 5.69. The molecule has 1 saturated heterocycles. The van der Waals surface area contributed by atoms with Crippen molar-refractivity contribution >= 4 is 5.97 Å². The number of rotatable bonds is 11. The summed E-state index contributed by atoms with van der Waals surface area (Å²) in [4.78, 5) is 13.7. The van der Waals surface area contributed by atoms with E-state index in [-0.39, 0.29) is 5.97 Å². The van der Waals surface area contributed by atoms with Gasteiger partial charge in [-0.25, -0.2) is 0 Å². The third kappa shape index (κ3) is 7.09. The van der Waals surface area contributed by atoms with Crippen LogP contribution in [0.25, 0.3) is 0 Å². The fourth-order valence-corrected chi connectivity index (χ4v) is 3.51. The van der Waals surface area contributed by atoms with Crippen molar-refractivity contribution in [2.75, 3.05) is 40.0 Å². The molecule has 156 valence electrons. The van der Waals surface area contributed by atoms with Gasteiger partial charge in [-0.1, -0.05) is 30.3 Å². The van der Waals surface area contributed by atoms with E-state index in [1.54, 1.807) is 0 Å². The molecule has 0 unspecified atom stereocenters. The van der Waals surface area contributed by atoms with Crippen molar-refractivity contribution in [3.8, 4) is 11.5 Å². The molecular formula is C24H31NO4. The molecule has 0 atom stereocenters. The van der Waals surface area contributed by atoms with E-state index in [0.29, 0.717) is 19.4 Å². The molecule has 2 aromatic carbocycles. The highest BCUT2D eigenvalue weighted by Gasteiger charge is 2.11. The first-order valence-corrected chi connectivity index (χ1v) is 10.5. The lowest BCUT2D eigenvalue weighted by Crippen LogP contribution is -2.25. The van der Waals surface area contributed by atoms with Crippen molar-refractivity contribution in [3.05, 3.63) is 59.7 Å². The van der Waals surface area contributed by atoms with E-state index >= 15 is 0 Å². The van der Waals surface area contributed by atoms with Crippen molar-refractivity contribution < 1.29 is 19.0 Å². The molecule has 0 saturated carbocycles. The Hall–Kier alpha value is -2.53. The number of ether oxygens (including phenoxy) is 3. The molecule has 5 heteroatoms. The molecule has 2 aromatic rings. The Kier molecular flexibility index (Phi) is 8.38. The SMILES string of the molecule is COC(=O)CCCOc1ccccc1Cc1ccc(OCCN2CCCC2)cc1. The van der Waals surface area contributed by atoms with Gasteiger partial charge in [0.2, 0.25) is 0 Å². The van der Waals surface area contributed by atoms with Crippen molar-refractivity contribution in [3.63, 3.8) is 0 Å². The van der Waals surface area contributed by atoms with Gasteiger partial charge in [0.15, 0.2) is 0 Å². The molecule has 29 heavy (non-hydrogen) atoms. The fourth-order valence-electron chi connectivity index (χ4n) is 3.51. The Morgan fingerprint density at radius 1 is 0.966 bits per heavy atom. The summed E-state index contributed by atoms with van der Waals surface area (Å²) in [5.74, 6) is 1.58. The molecule has 1 aliphatic heterocycles. The third-order valence-electron chi connectivity index (χ3n) is 5.18. The Morgan fingerprint density at radius 3 is 2.48 bits per heavy atom. The van der Waals surface area contributed by atoms with Crippen LogP contribution < -0.4 is 9.47 Å². The van der Waals surface area contributed by atoms with Crippen LogP contribution in [0, 0.1) is 0 Å². The third-order valence-corrected chi connectivity index (χ3v) is 5.18. The molecule has 0 N–H and O–H groups in total. The minimum atomic E-state index is -0.204. The monoisotopic (exact) mass is 397 g/mol. The fraction of sp³-hybridized carbons (Fsp3) is 0.458. The molecule has 0 amide bonds. The lowest BCUT2D eigenvalue weighted by molar-refractivity contribution is -0.140. The molecule has 0 spiro atoms. The Labute approximate surface area is 173 Å². The number of hydrogen-bond acceptors (Lipinski definition) is 5. The lowest BCUT2D eigenvalue weighted by Gasteiger charge is -2.15. The van der Waals surface area contributed by atoms with E-state index in [4.69, 9.17) is 9.47 Å². The number of hydrogen-bond donors (Lipinski definition) is 0. The molecule has 0 radical (unpaired) electrons. The summed E-state index contributed by atoms with van der Waals surface area (Å²) in [6.07, 6.45) is 4.43. The summed E-state index contributed by atoms with van der Waals surface area (Å²) >= 11 is 0. The zero-order chi connectivity index (χ0) is 20.3. The maximum Gasteiger partial charge on any atom is 0.305 e. The van der Waals surface area contributed by atoms with E-state index in [0.717, 1.165) is 36.6 Å². The Balaban J connectivity index is 1.47. The molecule has 0 aromatic heterocycles. The topological polar surface area (TPSA) is 48.0 Å². The number of benzene rings is 2. The number of para-hydroxylation sites is 1. The molecule has 5 nitrogen and oxygen atoms in total. The standard InChI is InChI=1S/C24H31NO4/c1-27-24(26)9-6-17-29-23-8-3-2-7-21(23)19-20-10-12-22(13-11-20)28-18-16-25-14-4-5-15-25/h2-3,7-8,10-13H,4-6,9,14-19H2,1H3. The Morgan fingerprint density at radius 2 is 1.72 bits per heavy atom. The second-order valence-corrected chi connectivity index (χ2v) is 7.35. The lowest BCUT2D eigenvalue weighted by atomic mass is 10.0. The van der Waals surface area contributed by atoms with Crippen LogP contribution in [0.2, 0.25) is 0 Å². The number of esters is 1. The molecule has 1 aliphatic rings. The van der Waals surface area contributed by atoms with Gasteiger partial charge < -0.3 is 14.2 Å². The number of carbonyl (C=O) groups is 1. The van der Waals surface area contributed by atoms with Crippen LogP contribution in [-0.4, -0.2) is 50.8 Å². The Bertz CT molecular complexity index is 754.